The Labute approximate surface area is 113 Å². The number of hydrogen-bond acceptors (Lipinski definition) is 4. The SMILES string of the molecule is COc1cccc(NC(C)(CN)c2ccccc2)n1. The fourth-order valence-corrected chi connectivity index (χ4v) is 1.93. The normalized spacial score (nSPS) is 13.6. The molecule has 4 heteroatoms. The van der Waals surface area contributed by atoms with Crippen LogP contribution in [0.2, 0.25) is 0 Å². The second kappa shape index (κ2) is 5.71. The van der Waals surface area contributed by atoms with E-state index in [0.717, 1.165) is 11.4 Å². The Kier molecular flexibility index (Phi) is 4.02. The number of nitrogens with one attached hydrogen (secondary N) is 1. The van der Waals surface area contributed by atoms with Crippen LogP contribution in [0.25, 0.3) is 0 Å². The summed E-state index contributed by atoms with van der Waals surface area (Å²) in [5.41, 5.74) is 6.70. The van der Waals surface area contributed by atoms with Gasteiger partial charge in [-0.25, -0.2) is 0 Å². The fraction of sp³-hybridized carbons (Fsp3) is 0.267. The Bertz CT molecular complexity index is 530. The molecule has 0 radical (unpaired) electrons. The molecule has 0 amide bonds. The molecular formula is C15H19N3O. The van der Waals surface area contributed by atoms with E-state index in [0.29, 0.717) is 12.4 Å². The molecule has 1 aromatic carbocycles. The molecule has 19 heavy (non-hydrogen) atoms. The summed E-state index contributed by atoms with van der Waals surface area (Å²) in [5, 5.41) is 3.38. The number of ether oxygens (including phenoxy) is 1. The molecule has 2 rings (SSSR count). The lowest BCUT2D eigenvalue weighted by Gasteiger charge is -2.30. The van der Waals surface area contributed by atoms with Crippen LogP contribution in [0.4, 0.5) is 5.82 Å². The zero-order valence-corrected chi connectivity index (χ0v) is 11.3. The highest BCUT2D eigenvalue weighted by Crippen LogP contribution is 2.24. The van der Waals surface area contributed by atoms with Crippen LogP contribution in [0.3, 0.4) is 0 Å². The minimum Gasteiger partial charge on any atom is -0.481 e. The van der Waals surface area contributed by atoms with Gasteiger partial charge in [0.1, 0.15) is 5.82 Å². The van der Waals surface area contributed by atoms with E-state index in [1.165, 1.54) is 0 Å². The highest BCUT2D eigenvalue weighted by molar-refractivity contribution is 5.43. The Balaban J connectivity index is 2.27. The molecule has 1 aromatic heterocycles. The van der Waals surface area contributed by atoms with Crippen LogP contribution < -0.4 is 15.8 Å². The molecule has 1 unspecified atom stereocenters. The van der Waals surface area contributed by atoms with Crippen molar-refractivity contribution in [2.75, 3.05) is 19.0 Å². The molecule has 0 aliphatic carbocycles. The molecule has 4 nitrogen and oxygen atoms in total. The number of nitrogens with zero attached hydrogens (tertiary/aromatic N) is 1. The van der Waals surface area contributed by atoms with Crippen molar-refractivity contribution in [2.24, 2.45) is 5.73 Å². The zero-order chi connectivity index (χ0) is 13.7. The van der Waals surface area contributed by atoms with E-state index in [9.17, 15) is 0 Å². The van der Waals surface area contributed by atoms with Crippen molar-refractivity contribution >= 4 is 5.82 Å². The average Bonchev–Trinajstić information content (AvgIpc) is 2.48. The monoisotopic (exact) mass is 257 g/mol. The van der Waals surface area contributed by atoms with Crippen molar-refractivity contribution in [3.63, 3.8) is 0 Å². The number of rotatable bonds is 5. The van der Waals surface area contributed by atoms with Gasteiger partial charge in [-0.1, -0.05) is 36.4 Å². The van der Waals surface area contributed by atoms with E-state index in [-0.39, 0.29) is 5.54 Å². The Morgan fingerprint density at radius 2 is 1.89 bits per heavy atom. The van der Waals surface area contributed by atoms with Gasteiger partial charge in [-0.3, -0.25) is 0 Å². The first-order valence-corrected chi connectivity index (χ1v) is 6.23. The molecular weight excluding hydrogens is 238 g/mol. The van der Waals surface area contributed by atoms with Gasteiger partial charge in [0.2, 0.25) is 5.88 Å². The van der Waals surface area contributed by atoms with Gasteiger partial charge in [0.25, 0.3) is 0 Å². The molecule has 0 spiro atoms. The van der Waals surface area contributed by atoms with Gasteiger partial charge in [-0.05, 0) is 18.6 Å². The predicted octanol–water partition coefficient (Wildman–Crippen LogP) is 2.38. The molecule has 0 aliphatic rings. The van der Waals surface area contributed by atoms with Crippen LogP contribution in [-0.2, 0) is 5.54 Å². The molecule has 0 saturated heterocycles. The predicted molar refractivity (Wildman–Crippen MR) is 77.3 cm³/mol. The van der Waals surface area contributed by atoms with Gasteiger partial charge in [0.05, 0.1) is 12.6 Å². The number of benzene rings is 1. The second-order valence-electron chi connectivity index (χ2n) is 4.59. The van der Waals surface area contributed by atoms with E-state index < -0.39 is 0 Å². The van der Waals surface area contributed by atoms with E-state index in [1.807, 2.05) is 36.4 Å². The van der Waals surface area contributed by atoms with Gasteiger partial charge < -0.3 is 15.8 Å². The molecule has 0 saturated carbocycles. The lowest BCUT2D eigenvalue weighted by Crippen LogP contribution is -2.39. The van der Waals surface area contributed by atoms with Crippen molar-refractivity contribution in [3.05, 3.63) is 54.1 Å². The van der Waals surface area contributed by atoms with E-state index >= 15 is 0 Å². The third kappa shape index (κ3) is 3.03. The van der Waals surface area contributed by atoms with Crippen LogP contribution in [0.15, 0.2) is 48.5 Å². The summed E-state index contributed by atoms with van der Waals surface area (Å²) in [6, 6.07) is 15.7. The van der Waals surface area contributed by atoms with E-state index in [2.05, 4.69) is 29.4 Å². The van der Waals surface area contributed by atoms with Gasteiger partial charge in [0.15, 0.2) is 0 Å². The smallest absolute Gasteiger partial charge is 0.214 e. The summed E-state index contributed by atoms with van der Waals surface area (Å²) in [7, 11) is 1.60. The van der Waals surface area contributed by atoms with Crippen LogP contribution in [-0.4, -0.2) is 18.6 Å². The largest absolute Gasteiger partial charge is 0.481 e. The standard InChI is InChI=1S/C15H19N3O/c1-15(11-16,12-7-4-3-5-8-12)18-13-9-6-10-14(17-13)19-2/h3-10H,11,16H2,1-2H3,(H,17,18). The Morgan fingerprint density at radius 3 is 2.53 bits per heavy atom. The summed E-state index contributed by atoms with van der Waals surface area (Å²) in [6.07, 6.45) is 0. The lowest BCUT2D eigenvalue weighted by atomic mass is 9.92. The molecule has 0 fully saturated rings. The highest BCUT2D eigenvalue weighted by atomic mass is 16.5. The number of aromatic nitrogens is 1. The molecule has 3 N–H and O–H groups in total. The number of hydrogen-bond donors (Lipinski definition) is 2. The first-order chi connectivity index (χ1) is 9.18. The summed E-state index contributed by atoms with van der Waals surface area (Å²) in [6.45, 7) is 2.53. The third-order valence-electron chi connectivity index (χ3n) is 3.16. The van der Waals surface area contributed by atoms with Crippen LogP contribution >= 0.6 is 0 Å². The topological polar surface area (TPSA) is 60.2 Å². The van der Waals surface area contributed by atoms with Crippen molar-refractivity contribution < 1.29 is 4.74 Å². The van der Waals surface area contributed by atoms with Crippen LogP contribution in [0.5, 0.6) is 5.88 Å². The maximum atomic E-state index is 5.94. The maximum Gasteiger partial charge on any atom is 0.214 e. The van der Waals surface area contributed by atoms with Gasteiger partial charge in [0, 0.05) is 12.6 Å². The number of nitrogens with two attached hydrogens (primary N) is 1. The molecule has 1 atom stereocenters. The summed E-state index contributed by atoms with van der Waals surface area (Å²) in [5.74, 6) is 1.33. The molecule has 2 aromatic rings. The van der Waals surface area contributed by atoms with Crippen molar-refractivity contribution in [2.45, 2.75) is 12.5 Å². The summed E-state index contributed by atoms with van der Waals surface area (Å²) < 4.78 is 5.13. The van der Waals surface area contributed by atoms with Gasteiger partial charge in [-0.2, -0.15) is 4.98 Å². The second-order valence-corrected chi connectivity index (χ2v) is 4.59. The quantitative estimate of drug-likeness (QED) is 0.863. The molecule has 1 heterocycles. The zero-order valence-electron chi connectivity index (χ0n) is 11.3. The van der Waals surface area contributed by atoms with Gasteiger partial charge >= 0.3 is 0 Å². The Hall–Kier alpha value is -2.07. The number of methoxy groups -OCH3 is 1. The van der Waals surface area contributed by atoms with Crippen molar-refractivity contribution in [1.82, 2.24) is 4.98 Å². The van der Waals surface area contributed by atoms with E-state index in [1.54, 1.807) is 7.11 Å². The number of pyridine rings is 1. The Morgan fingerprint density at radius 1 is 1.16 bits per heavy atom. The fourth-order valence-electron chi connectivity index (χ4n) is 1.93. The third-order valence-corrected chi connectivity index (χ3v) is 3.16. The van der Waals surface area contributed by atoms with E-state index in [4.69, 9.17) is 10.5 Å². The minimum absolute atomic E-state index is 0.360. The minimum atomic E-state index is -0.360. The highest BCUT2D eigenvalue weighted by Gasteiger charge is 2.24. The van der Waals surface area contributed by atoms with Crippen LogP contribution in [0.1, 0.15) is 12.5 Å². The van der Waals surface area contributed by atoms with Gasteiger partial charge in [-0.15, -0.1) is 0 Å². The van der Waals surface area contributed by atoms with Crippen molar-refractivity contribution in [3.8, 4) is 5.88 Å². The van der Waals surface area contributed by atoms with Crippen LogP contribution in [0, 0.1) is 0 Å². The van der Waals surface area contributed by atoms with Crippen molar-refractivity contribution in [1.29, 1.82) is 0 Å². The molecule has 0 aliphatic heterocycles. The maximum absolute atomic E-state index is 5.94. The average molecular weight is 257 g/mol. The first kappa shape index (κ1) is 13.4. The lowest BCUT2D eigenvalue weighted by molar-refractivity contribution is 0.398. The summed E-state index contributed by atoms with van der Waals surface area (Å²) in [4.78, 5) is 4.36. The summed E-state index contributed by atoms with van der Waals surface area (Å²) >= 11 is 0. The molecule has 0 bridgehead atoms. The number of anilines is 1. The molecule has 100 valence electrons. The first-order valence-electron chi connectivity index (χ1n) is 6.23.